The highest BCUT2D eigenvalue weighted by molar-refractivity contribution is 7.90. The molecule has 0 saturated carbocycles. The largest absolute Gasteiger partial charge is 0.481 e. The van der Waals surface area contributed by atoms with E-state index >= 15 is 0 Å². The Labute approximate surface area is 226 Å². The Morgan fingerprint density at radius 1 is 1.13 bits per heavy atom. The van der Waals surface area contributed by atoms with Gasteiger partial charge in [-0.3, -0.25) is 0 Å². The Morgan fingerprint density at radius 3 is 2.54 bits per heavy atom. The molecule has 1 atom stereocenters. The van der Waals surface area contributed by atoms with Crippen LogP contribution >= 0.6 is 0 Å². The van der Waals surface area contributed by atoms with Crippen LogP contribution in [0.4, 0.5) is 4.79 Å². The summed E-state index contributed by atoms with van der Waals surface area (Å²) < 4.78 is 40.0. The third-order valence-corrected chi connectivity index (χ3v) is 8.22. The van der Waals surface area contributed by atoms with Crippen molar-refractivity contribution >= 4 is 27.0 Å². The number of hydrogen-bond acceptors (Lipinski definition) is 8. The van der Waals surface area contributed by atoms with Gasteiger partial charge in [0.1, 0.15) is 12.2 Å². The maximum atomic E-state index is 14.0. The molecule has 1 amide bonds. The van der Waals surface area contributed by atoms with E-state index in [-0.39, 0.29) is 28.3 Å². The number of carbonyl (C=O) groups is 1. The van der Waals surface area contributed by atoms with Crippen LogP contribution in [-0.4, -0.2) is 46.3 Å². The first kappa shape index (κ1) is 26.6. The molecule has 10 nitrogen and oxygen atoms in total. The second kappa shape index (κ2) is 9.97. The smallest absolute Gasteiger partial charge is 0.408 e. The Kier molecular flexibility index (Phi) is 6.81. The summed E-state index contributed by atoms with van der Waals surface area (Å²) in [6.07, 6.45) is 0.780. The first-order chi connectivity index (χ1) is 18.5. The van der Waals surface area contributed by atoms with Crippen LogP contribution in [0.5, 0.6) is 5.88 Å². The molecule has 39 heavy (non-hydrogen) atoms. The molecule has 0 fully saturated rings. The minimum Gasteiger partial charge on any atom is -0.481 e. The van der Waals surface area contributed by atoms with Crippen molar-refractivity contribution in [2.45, 2.75) is 56.8 Å². The number of nitrogens with one attached hydrogen (secondary N) is 1. The number of fused-ring (bicyclic) bond motifs is 3. The van der Waals surface area contributed by atoms with Crippen LogP contribution in [0.25, 0.3) is 22.3 Å². The number of hydrogen-bond donors (Lipinski definition) is 2. The zero-order chi connectivity index (χ0) is 27.9. The highest BCUT2D eigenvalue weighted by atomic mass is 32.2. The number of alkyl carbamates (subject to hydrolysis) is 1. The van der Waals surface area contributed by atoms with Crippen LogP contribution in [0.3, 0.4) is 0 Å². The Bertz CT molecular complexity index is 1640. The average Bonchev–Trinajstić information content (AvgIpc) is 3.49. The third-order valence-electron chi connectivity index (χ3n) is 6.48. The molecule has 0 bridgehead atoms. The number of aryl methyl sites for hydroxylation is 1. The SMILES string of the molecule is COc1cc(-c2cc3c4c(ccc3n2S(=O)(=O)c2ccccc2)[C@H](NC(=O)OC(C)(C)C)CC4)nc(CO)n1. The van der Waals surface area contributed by atoms with Gasteiger partial charge >= 0.3 is 6.09 Å². The fourth-order valence-electron chi connectivity index (χ4n) is 4.90. The molecule has 5 rings (SSSR count). The quantitative estimate of drug-likeness (QED) is 0.362. The lowest BCUT2D eigenvalue weighted by Gasteiger charge is -2.22. The number of methoxy groups -OCH3 is 1. The van der Waals surface area contributed by atoms with Crippen LogP contribution in [0.2, 0.25) is 0 Å². The molecule has 4 aromatic rings. The van der Waals surface area contributed by atoms with Crippen LogP contribution < -0.4 is 10.1 Å². The van der Waals surface area contributed by atoms with Crippen molar-refractivity contribution in [1.29, 1.82) is 0 Å². The molecule has 11 heteroatoms. The van der Waals surface area contributed by atoms with Crippen molar-refractivity contribution in [3.05, 3.63) is 71.5 Å². The fourth-order valence-corrected chi connectivity index (χ4v) is 6.43. The van der Waals surface area contributed by atoms with Gasteiger partial charge in [0, 0.05) is 11.5 Å². The van der Waals surface area contributed by atoms with Crippen LogP contribution in [-0.2, 0) is 27.8 Å². The van der Waals surface area contributed by atoms with Gasteiger partial charge in [0.15, 0.2) is 5.82 Å². The van der Waals surface area contributed by atoms with Crippen LogP contribution in [0.1, 0.15) is 50.2 Å². The molecule has 0 spiro atoms. The molecular formula is C28H30N4O6S. The summed E-state index contributed by atoms with van der Waals surface area (Å²) >= 11 is 0. The van der Waals surface area contributed by atoms with E-state index in [0.717, 1.165) is 16.5 Å². The van der Waals surface area contributed by atoms with Gasteiger partial charge in [-0.2, -0.15) is 4.98 Å². The van der Waals surface area contributed by atoms with Gasteiger partial charge in [0.2, 0.25) is 5.88 Å². The Hall–Kier alpha value is -3.96. The van der Waals surface area contributed by atoms with Crippen LogP contribution in [0, 0.1) is 0 Å². The van der Waals surface area contributed by atoms with Gasteiger partial charge < -0.3 is 19.9 Å². The predicted molar refractivity (Wildman–Crippen MR) is 145 cm³/mol. The molecule has 0 aliphatic heterocycles. The summed E-state index contributed by atoms with van der Waals surface area (Å²) in [5.41, 5.74) is 2.30. The summed E-state index contributed by atoms with van der Waals surface area (Å²) in [5, 5.41) is 13.4. The first-order valence-electron chi connectivity index (χ1n) is 12.5. The summed E-state index contributed by atoms with van der Waals surface area (Å²) in [4.78, 5) is 21.1. The maximum Gasteiger partial charge on any atom is 0.408 e. The molecule has 2 aromatic heterocycles. The molecule has 0 unspecified atom stereocenters. The molecular weight excluding hydrogens is 520 g/mol. The van der Waals surface area contributed by atoms with E-state index in [1.54, 1.807) is 63.2 Å². The first-order valence-corrected chi connectivity index (χ1v) is 14.0. The number of aliphatic hydroxyl groups is 1. The molecule has 204 valence electrons. The highest BCUT2D eigenvalue weighted by Crippen LogP contribution is 2.41. The number of ether oxygens (including phenoxy) is 2. The number of rotatable bonds is 6. The molecule has 1 aliphatic carbocycles. The molecule has 0 radical (unpaired) electrons. The van der Waals surface area contributed by atoms with E-state index in [0.29, 0.717) is 24.1 Å². The minimum atomic E-state index is -4.05. The topological polar surface area (TPSA) is 133 Å². The van der Waals surface area contributed by atoms with Crippen molar-refractivity contribution in [2.75, 3.05) is 7.11 Å². The number of aromatic nitrogens is 3. The number of benzene rings is 2. The standard InChI is InChI=1S/C28H30N4O6S/c1-28(2,3)38-27(34)30-21-12-10-18-19(21)11-13-23-20(18)14-24(22-15-26(37-4)31-25(16-33)29-22)32(23)39(35,36)17-8-6-5-7-9-17/h5-9,11,13-15,21,33H,10,12,16H2,1-4H3,(H,30,34)/t21-/m1/s1. The third kappa shape index (κ3) is 5.07. The second-order valence-electron chi connectivity index (χ2n) is 10.3. The van der Waals surface area contributed by atoms with E-state index in [1.807, 2.05) is 6.07 Å². The zero-order valence-corrected chi connectivity index (χ0v) is 22.9. The number of amides is 1. The molecule has 1 aliphatic rings. The molecule has 2 aromatic carbocycles. The summed E-state index contributed by atoms with van der Waals surface area (Å²) in [5.74, 6) is 0.301. The number of aliphatic hydroxyl groups excluding tert-OH is 1. The van der Waals surface area contributed by atoms with E-state index in [4.69, 9.17) is 9.47 Å². The fraction of sp³-hybridized carbons (Fsp3) is 0.321. The Morgan fingerprint density at radius 2 is 1.87 bits per heavy atom. The summed E-state index contributed by atoms with van der Waals surface area (Å²) in [6.45, 7) is 4.98. The zero-order valence-electron chi connectivity index (χ0n) is 22.1. The van der Waals surface area contributed by atoms with Crippen molar-refractivity contribution < 1.29 is 27.8 Å². The monoisotopic (exact) mass is 550 g/mol. The van der Waals surface area contributed by atoms with Crippen LogP contribution in [0.15, 0.2) is 59.5 Å². The van der Waals surface area contributed by atoms with Gasteiger partial charge in [-0.05, 0) is 69.0 Å². The van der Waals surface area contributed by atoms with E-state index < -0.39 is 28.3 Å². The van der Waals surface area contributed by atoms with Crippen molar-refractivity contribution in [3.63, 3.8) is 0 Å². The minimum absolute atomic E-state index is 0.102. The Balaban J connectivity index is 1.70. The number of carbonyl (C=O) groups excluding carboxylic acids is 1. The van der Waals surface area contributed by atoms with Gasteiger partial charge in [-0.15, -0.1) is 0 Å². The highest BCUT2D eigenvalue weighted by Gasteiger charge is 2.31. The van der Waals surface area contributed by atoms with Gasteiger partial charge in [-0.25, -0.2) is 22.2 Å². The van der Waals surface area contributed by atoms with Crippen molar-refractivity contribution in [1.82, 2.24) is 19.3 Å². The van der Waals surface area contributed by atoms with Crippen molar-refractivity contribution in [3.8, 4) is 17.3 Å². The predicted octanol–water partition coefficient (Wildman–Crippen LogP) is 4.35. The van der Waals surface area contributed by atoms with Crippen molar-refractivity contribution in [2.24, 2.45) is 0 Å². The van der Waals surface area contributed by atoms with Gasteiger partial charge in [-0.1, -0.05) is 24.3 Å². The summed E-state index contributed by atoms with van der Waals surface area (Å²) in [7, 11) is -2.61. The lowest BCUT2D eigenvalue weighted by Crippen LogP contribution is -2.34. The average molecular weight is 551 g/mol. The molecule has 2 N–H and O–H groups in total. The van der Waals surface area contributed by atoms with E-state index in [1.165, 1.54) is 17.1 Å². The maximum absolute atomic E-state index is 14.0. The molecule has 0 saturated heterocycles. The summed E-state index contributed by atoms with van der Waals surface area (Å²) in [6, 6.07) is 14.8. The number of nitrogens with zero attached hydrogens (tertiary/aromatic N) is 3. The second-order valence-corrected chi connectivity index (χ2v) is 12.1. The molecule has 2 heterocycles. The lowest BCUT2D eigenvalue weighted by atomic mass is 10.0. The van der Waals surface area contributed by atoms with Gasteiger partial charge in [0.05, 0.1) is 35.0 Å². The van der Waals surface area contributed by atoms with E-state index in [9.17, 15) is 18.3 Å². The normalized spacial score (nSPS) is 15.3. The van der Waals surface area contributed by atoms with E-state index in [2.05, 4.69) is 15.3 Å². The lowest BCUT2D eigenvalue weighted by molar-refractivity contribution is 0.0503. The van der Waals surface area contributed by atoms with Gasteiger partial charge in [0.25, 0.3) is 10.0 Å².